The normalized spacial score (nSPS) is 13.8. The van der Waals surface area contributed by atoms with Crippen molar-refractivity contribution in [1.29, 1.82) is 0 Å². The lowest BCUT2D eigenvalue weighted by molar-refractivity contribution is 0.0990. The molecule has 0 aliphatic carbocycles. The van der Waals surface area contributed by atoms with Gasteiger partial charge in [-0.25, -0.2) is 0 Å². The highest BCUT2D eigenvalue weighted by Gasteiger charge is 2.26. The van der Waals surface area contributed by atoms with Crippen LogP contribution in [0.2, 0.25) is 0 Å². The van der Waals surface area contributed by atoms with Gasteiger partial charge in [-0.3, -0.25) is 9.89 Å². The van der Waals surface area contributed by atoms with Crippen LogP contribution in [0.1, 0.15) is 15.9 Å². The maximum atomic E-state index is 12.3. The van der Waals surface area contributed by atoms with Gasteiger partial charge in [-0.1, -0.05) is 18.2 Å². The van der Waals surface area contributed by atoms with Gasteiger partial charge in [0.15, 0.2) is 0 Å². The number of amides is 1. The van der Waals surface area contributed by atoms with E-state index in [1.807, 2.05) is 24.3 Å². The van der Waals surface area contributed by atoms with Crippen LogP contribution in [0.15, 0.2) is 30.5 Å². The molecule has 0 atom stereocenters. The summed E-state index contributed by atoms with van der Waals surface area (Å²) in [6.45, 7) is 0.697. The average molecular weight is 228 g/mol. The zero-order valence-corrected chi connectivity index (χ0v) is 9.18. The largest absolute Gasteiger partial charge is 0.383 e. The fourth-order valence-electron chi connectivity index (χ4n) is 2.16. The number of aromatic amines is 1. The Bertz CT molecular complexity index is 575. The summed E-state index contributed by atoms with van der Waals surface area (Å²) in [6, 6.07) is 7.92. The van der Waals surface area contributed by atoms with E-state index in [4.69, 9.17) is 5.73 Å². The van der Waals surface area contributed by atoms with Crippen molar-refractivity contribution in [3.63, 3.8) is 0 Å². The molecule has 17 heavy (non-hydrogen) atoms. The maximum Gasteiger partial charge on any atom is 0.263 e. The maximum absolute atomic E-state index is 12.3. The van der Waals surface area contributed by atoms with E-state index in [1.165, 1.54) is 11.8 Å². The van der Waals surface area contributed by atoms with Crippen molar-refractivity contribution in [2.45, 2.75) is 6.42 Å². The lowest BCUT2D eigenvalue weighted by Crippen LogP contribution is -2.29. The highest BCUT2D eigenvalue weighted by atomic mass is 16.2. The Balaban J connectivity index is 1.98. The van der Waals surface area contributed by atoms with Crippen molar-refractivity contribution in [2.24, 2.45) is 0 Å². The van der Waals surface area contributed by atoms with Crippen LogP contribution in [0, 0.1) is 0 Å². The molecule has 0 saturated carbocycles. The van der Waals surface area contributed by atoms with Gasteiger partial charge in [-0.2, -0.15) is 5.10 Å². The Kier molecular flexibility index (Phi) is 2.11. The molecule has 0 saturated heterocycles. The van der Waals surface area contributed by atoms with Crippen molar-refractivity contribution in [1.82, 2.24) is 10.2 Å². The predicted molar refractivity (Wildman–Crippen MR) is 64.8 cm³/mol. The van der Waals surface area contributed by atoms with Crippen molar-refractivity contribution in [3.05, 3.63) is 41.6 Å². The quantitative estimate of drug-likeness (QED) is 0.770. The van der Waals surface area contributed by atoms with Crippen LogP contribution in [0.3, 0.4) is 0 Å². The monoisotopic (exact) mass is 228 g/mol. The van der Waals surface area contributed by atoms with Crippen molar-refractivity contribution in [3.8, 4) is 0 Å². The Labute approximate surface area is 98.2 Å². The summed E-state index contributed by atoms with van der Waals surface area (Å²) in [7, 11) is 0. The number of H-pyrrole nitrogens is 1. The minimum Gasteiger partial charge on any atom is -0.383 e. The van der Waals surface area contributed by atoms with Crippen LogP contribution in [0.4, 0.5) is 11.5 Å². The van der Waals surface area contributed by atoms with Crippen LogP contribution in [0.5, 0.6) is 0 Å². The summed E-state index contributed by atoms with van der Waals surface area (Å²) in [5.41, 5.74) is 8.26. The van der Waals surface area contributed by atoms with Gasteiger partial charge in [0, 0.05) is 12.2 Å². The molecule has 0 radical (unpaired) electrons. The topological polar surface area (TPSA) is 75.0 Å². The number of carbonyl (C=O) groups excluding carboxylic acids is 1. The number of anilines is 2. The lowest BCUT2D eigenvalue weighted by atomic mass is 10.2. The number of aromatic nitrogens is 2. The number of hydrogen-bond donors (Lipinski definition) is 2. The second-order valence-corrected chi connectivity index (χ2v) is 4.03. The minimum absolute atomic E-state index is 0.0961. The molecule has 5 heteroatoms. The molecule has 1 aliphatic heterocycles. The molecule has 0 fully saturated rings. The van der Waals surface area contributed by atoms with E-state index in [-0.39, 0.29) is 5.91 Å². The Hall–Kier alpha value is -2.30. The first kappa shape index (κ1) is 9.89. The van der Waals surface area contributed by atoms with Gasteiger partial charge < -0.3 is 10.6 Å². The molecule has 86 valence electrons. The molecule has 1 amide bonds. The summed E-state index contributed by atoms with van der Waals surface area (Å²) in [5, 5.41) is 6.35. The van der Waals surface area contributed by atoms with Gasteiger partial charge >= 0.3 is 0 Å². The van der Waals surface area contributed by atoms with Crippen LogP contribution in [-0.2, 0) is 6.42 Å². The molecule has 2 aromatic rings. The van der Waals surface area contributed by atoms with Crippen LogP contribution < -0.4 is 10.6 Å². The number of benzene rings is 1. The smallest absolute Gasteiger partial charge is 0.263 e. The van der Waals surface area contributed by atoms with Gasteiger partial charge in [0.2, 0.25) is 0 Å². The van der Waals surface area contributed by atoms with Gasteiger partial charge in [0.05, 0.1) is 6.20 Å². The van der Waals surface area contributed by atoms with Gasteiger partial charge in [-0.15, -0.1) is 0 Å². The van der Waals surface area contributed by atoms with Crippen LogP contribution >= 0.6 is 0 Å². The standard InChI is InChI=1S/C12H12N4O/c13-11-9(7-14-15-11)12(17)16-6-5-8-3-1-2-4-10(8)16/h1-4,7H,5-6H2,(H3,13,14,15). The highest BCUT2D eigenvalue weighted by molar-refractivity contribution is 6.09. The number of nitrogens with two attached hydrogens (primary N) is 1. The molecule has 5 nitrogen and oxygen atoms in total. The Morgan fingerprint density at radius 3 is 3.00 bits per heavy atom. The lowest BCUT2D eigenvalue weighted by Gasteiger charge is -2.16. The molecule has 1 aromatic heterocycles. The number of para-hydroxylation sites is 1. The summed E-state index contributed by atoms with van der Waals surface area (Å²) in [4.78, 5) is 14.0. The third kappa shape index (κ3) is 1.47. The van der Waals surface area contributed by atoms with E-state index in [2.05, 4.69) is 10.2 Å². The number of nitrogen functional groups attached to an aromatic ring is 1. The summed E-state index contributed by atoms with van der Waals surface area (Å²) in [5.74, 6) is 0.223. The fourth-order valence-corrected chi connectivity index (χ4v) is 2.16. The van der Waals surface area contributed by atoms with Crippen molar-refractivity contribution >= 4 is 17.4 Å². The number of nitrogens with one attached hydrogen (secondary N) is 1. The molecule has 3 N–H and O–H groups in total. The number of hydrogen-bond acceptors (Lipinski definition) is 3. The zero-order valence-electron chi connectivity index (χ0n) is 9.18. The third-order valence-electron chi connectivity index (χ3n) is 3.03. The predicted octanol–water partition coefficient (Wildman–Crippen LogP) is 1.19. The van der Waals surface area contributed by atoms with E-state index in [9.17, 15) is 4.79 Å². The van der Waals surface area contributed by atoms with E-state index in [0.717, 1.165) is 12.1 Å². The van der Waals surface area contributed by atoms with Crippen molar-refractivity contribution < 1.29 is 4.79 Å². The van der Waals surface area contributed by atoms with Gasteiger partial charge in [-0.05, 0) is 18.1 Å². The van der Waals surface area contributed by atoms with E-state index >= 15 is 0 Å². The average Bonchev–Trinajstić information content (AvgIpc) is 2.94. The van der Waals surface area contributed by atoms with E-state index in [1.54, 1.807) is 4.90 Å². The van der Waals surface area contributed by atoms with Crippen LogP contribution in [0.25, 0.3) is 0 Å². The summed E-state index contributed by atoms with van der Waals surface area (Å²) >= 11 is 0. The first-order valence-corrected chi connectivity index (χ1v) is 5.46. The molecule has 1 aliphatic rings. The Morgan fingerprint density at radius 2 is 2.24 bits per heavy atom. The summed E-state index contributed by atoms with van der Waals surface area (Å²) in [6.07, 6.45) is 2.36. The molecule has 2 heterocycles. The SMILES string of the molecule is Nc1[nH]ncc1C(=O)N1CCc2ccccc21. The molecular formula is C12H12N4O. The molecule has 3 rings (SSSR count). The van der Waals surface area contributed by atoms with Crippen molar-refractivity contribution in [2.75, 3.05) is 17.2 Å². The molecular weight excluding hydrogens is 216 g/mol. The number of nitrogens with zero attached hydrogens (tertiary/aromatic N) is 2. The number of rotatable bonds is 1. The summed E-state index contributed by atoms with van der Waals surface area (Å²) < 4.78 is 0. The van der Waals surface area contributed by atoms with Gasteiger partial charge in [0.25, 0.3) is 5.91 Å². The molecule has 0 spiro atoms. The van der Waals surface area contributed by atoms with Crippen LogP contribution in [-0.4, -0.2) is 22.6 Å². The first-order chi connectivity index (χ1) is 8.27. The highest BCUT2D eigenvalue weighted by Crippen LogP contribution is 2.29. The first-order valence-electron chi connectivity index (χ1n) is 5.46. The molecule has 1 aromatic carbocycles. The van der Waals surface area contributed by atoms with E-state index < -0.39 is 0 Å². The number of fused-ring (bicyclic) bond motifs is 1. The zero-order chi connectivity index (χ0) is 11.8. The second kappa shape index (κ2) is 3.62. The molecule has 0 bridgehead atoms. The second-order valence-electron chi connectivity index (χ2n) is 4.03. The third-order valence-corrected chi connectivity index (χ3v) is 3.03. The number of carbonyl (C=O) groups is 1. The molecule has 0 unspecified atom stereocenters. The Morgan fingerprint density at radius 1 is 1.41 bits per heavy atom. The fraction of sp³-hybridized carbons (Fsp3) is 0.167. The minimum atomic E-state index is -0.0961. The van der Waals surface area contributed by atoms with E-state index in [0.29, 0.717) is 17.9 Å². The van der Waals surface area contributed by atoms with Gasteiger partial charge in [0.1, 0.15) is 11.4 Å².